The first-order valence-corrected chi connectivity index (χ1v) is 15.2. The fourth-order valence-corrected chi connectivity index (χ4v) is 5.68. The zero-order valence-corrected chi connectivity index (χ0v) is 27.6. The molecule has 0 amide bonds. The van der Waals surface area contributed by atoms with Gasteiger partial charge in [-0.05, 0) is 50.9 Å². The summed E-state index contributed by atoms with van der Waals surface area (Å²) in [6, 6.07) is 57.1. The van der Waals surface area contributed by atoms with E-state index in [1.807, 2.05) is 42.6 Å². The van der Waals surface area contributed by atoms with Gasteiger partial charge in [0.25, 0.3) is 0 Å². The Kier molecular flexibility index (Phi) is 8.57. The molecule has 225 valence electrons. The van der Waals surface area contributed by atoms with Gasteiger partial charge in [0.15, 0.2) is 11.6 Å². The van der Waals surface area contributed by atoms with Gasteiger partial charge in [-0.25, -0.2) is 15.0 Å². The topological polar surface area (TPSA) is 51.6 Å². The molecule has 0 unspecified atom stereocenters. The fourth-order valence-electron chi connectivity index (χ4n) is 5.68. The summed E-state index contributed by atoms with van der Waals surface area (Å²) in [5, 5.41) is 2.23. The molecule has 0 aliphatic rings. The average Bonchev–Trinajstić information content (AvgIpc) is 3.15. The minimum absolute atomic E-state index is 0. The number of fused-ring (bicyclic) bond motifs is 1. The first kappa shape index (κ1) is 30.1. The molecule has 0 fully saturated rings. The number of aromatic nitrogens is 4. The van der Waals surface area contributed by atoms with Crippen LogP contribution in [0.3, 0.4) is 0 Å². The van der Waals surface area contributed by atoms with Gasteiger partial charge in [-0.2, -0.15) is 0 Å². The first-order valence-electron chi connectivity index (χ1n) is 15.2. The average molecular weight is 780 g/mol. The van der Waals surface area contributed by atoms with Crippen LogP contribution in [0.4, 0.5) is 0 Å². The molecule has 0 aliphatic heterocycles. The smallest absolute Gasteiger partial charge is 0.164 e. The molecular weight excluding hydrogens is 753 g/mol. The van der Waals surface area contributed by atoms with Crippen molar-refractivity contribution in [1.29, 1.82) is 0 Å². The zero-order chi connectivity index (χ0) is 30.7. The van der Waals surface area contributed by atoms with Gasteiger partial charge in [0.2, 0.25) is 0 Å². The summed E-state index contributed by atoms with van der Waals surface area (Å²) in [5.41, 5.74) is 8.92. The molecule has 8 aromatic rings. The molecule has 4 nitrogen and oxygen atoms in total. The van der Waals surface area contributed by atoms with E-state index in [4.69, 9.17) is 19.9 Å². The maximum absolute atomic E-state index is 5.04. The van der Waals surface area contributed by atoms with Crippen molar-refractivity contribution in [1.82, 2.24) is 19.9 Å². The van der Waals surface area contributed by atoms with Crippen molar-refractivity contribution in [2.75, 3.05) is 0 Å². The van der Waals surface area contributed by atoms with Crippen molar-refractivity contribution in [2.45, 2.75) is 0 Å². The van der Waals surface area contributed by atoms with Crippen molar-refractivity contribution in [3.8, 4) is 67.7 Å². The third-order valence-electron chi connectivity index (χ3n) is 8.06. The van der Waals surface area contributed by atoms with E-state index in [2.05, 4.69) is 127 Å². The predicted octanol–water partition coefficient (Wildman–Crippen LogP) is 10.2. The van der Waals surface area contributed by atoms with Crippen LogP contribution in [0.2, 0.25) is 0 Å². The molecule has 1 radical (unpaired) electrons. The third kappa shape index (κ3) is 6.41. The summed E-state index contributed by atoms with van der Waals surface area (Å²) in [7, 11) is 0. The molecule has 0 aliphatic carbocycles. The van der Waals surface area contributed by atoms with E-state index < -0.39 is 0 Å². The number of benzene rings is 6. The molecular formula is C42H27IrN4-. The summed E-state index contributed by atoms with van der Waals surface area (Å²) >= 11 is 0. The molecule has 0 saturated heterocycles. The van der Waals surface area contributed by atoms with Gasteiger partial charge in [-0.1, -0.05) is 133 Å². The molecule has 6 aromatic carbocycles. The Morgan fingerprint density at radius 2 is 0.851 bits per heavy atom. The third-order valence-corrected chi connectivity index (χ3v) is 8.06. The molecule has 0 atom stereocenters. The number of hydrogen-bond acceptors (Lipinski definition) is 4. The quantitative estimate of drug-likeness (QED) is 0.158. The van der Waals surface area contributed by atoms with Gasteiger partial charge in [0.1, 0.15) is 5.82 Å². The van der Waals surface area contributed by atoms with Crippen molar-refractivity contribution >= 4 is 10.8 Å². The number of pyridine rings is 1. The summed E-state index contributed by atoms with van der Waals surface area (Å²) in [6.07, 6.45) is 1.91. The molecule has 0 N–H and O–H groups in total. The van der Waals surface area contributed by atoms with E-state index in [9.17, 15) is 0 Å². The van der Waals surface area contributed by atoms with Crippen LogP contribution in [-0.4, -0.2) is 19.9 Å². The molecule has 2 aromatic heterocycles. The number of nitrogens with zero attached hydrogens (tertiary/aromatic N) is 4. The van der Waals surface area contributed by atoms with Crippen LogP contribution in [0.25, 0.3) is 78.4 Å². The van der Waals surface area contributed by atoms with E-state index in [0.29, 0.717) is 17.5 Å². The molecule has 8 rings (SSSR count). The second-order valence-corrected chi connectivity index (χ2v) is 11.1. The van der Waals surface area contributed by atoms with Crippen molar-refractivity contribution < 1.29 is 20.1 Å². The molecule has 0 saturated carbocycles. The van der Waals surface area contributed by atoms with Crippen LogP contribution >= 0.6 is 0 Å². The SMILES string of the molecule is [Ir].[c-]1ccc(-c2nc(-c3cccc(-c4ccccc4)c3)nc(-c3cccc(-c4ccccc4)c3)n2)cc1-c1cc2ccccc2cn1. The van der Waals surface area contributed by atoms with Crippen LogP contribution in [-0.2, 0) is 20.1 Å². The fraction of sp³-hybridized carbons (Fsp3) is 0. The van der Waals surface area contributed by atoms with Gasteiger partial charge in [0.05, 0.1) is 0 Å². The van der Waals surface area contributed by atoms with Gasteiger partial charge < -0.3 is 4.98 Å². The minimum Gasteiger partial charge on any atom is -0.304 e. The van der Waals surface area contributed by atoms with Crippen LogP contribution < -0.4 is 0 Å². The summed E-state index contributed by atoms with van der Waals surface area (Å²) < 4.78 is 0. The minimum atomic E-state index is 0. The van der Waals surface area contributed by atoms with E-state index in [1.54, 1.807) is 0 Å². The first-order chi connectivity index (χ1) is 22.8. The van der Waals surface area contributed by atoms with Crippen LogP contribution in [0.5, 0.6) is 0 Å². The van der Waals surface area contributed by atoms with Crippen LogP contribution in [0.1, 0.15) is 0 Å². The van der Waals surface area contributed by atoms with Crippen LogP contribution in [0, 0.1) is 6.07 Å². The van der Waals surface area contributed by atoms with E-state index in [1.165, 1.54) is 0 Å². The molecule has 47 heavy (non-hydrogen) atoms. The van der Waals surface area contributed by atoms with Crippen molar-refractivity contribution in [2.24, 2.45) is 0 Å². The van der Waals surface area contributed by atoms with Gasteiger partial charge in [0, 0.05) is 37.4 Å². The molecule has 5 heteroatoms. The Morgan fingerprint density at radius 3 is 1.43 bits per heavy atom. The van der Waals surface area contributed by atoms with Gasteiger partial charge in [-0.3, -0.25) is 0 Å². The monoisotopic (exact) mass is 780 g/mol. The summed E-state index contributed by atoms with van der Waals surface area (Å²) in [4.78, 5) is 19.9. The Morgan fingerprint density at radius 1 is 0.383 bits per heavy atom. The van der Waals surface area contributed by atoms with Crippen LogP contribution in [0.15, 0.2) is 164 Å². The van der Waals surface area contributed by atoms with Gasteiger partial charge >= 0.3 is 0 Å². The maximum atomic E-state index is 5.04. The second-order valence-electron chi connectivity index (χ2n) is 11.1. The van der Waals surface area contributed by atoms with Crippen molar-refractivity contribution in [3.63, 3.8) is 0 Å². The Bertz CT molecular complexity index is 2220. The second kappa shape index (κ2) is 13.4. The molecule has 0 bridgehead atoms. The predicted molar refractivity (Wildman–Crippen MR) is 187 cm³/mol. The zero-order valence-electron chi connectivity index (χ0n) is 25.2. The normalized spacial score (nSPS) is 10.8. The maximum Gasteiger partial charge on any atom is 0.164 e. The Labute approximate surface area is 287 Å². The summed E-state index contributed by atoms with van der Waals surface area (Å²) in [5.74, 6) is 1.81. The van der Waals surface area contributed by atoms with Crippen molar-refractivity contribution in [3.05, 3.63) is 170 Å². The van der Waals surface area contributed by atoms with E-state index >= 15 is 0 Å². The number of rotatable bonds is 6. The standard InChI is InChI=1S/C42H27N4.Ir/c1-3-12-29(13-4-1)31-18-9-21-35(24-31)40-44-41(36-22-10-19-32(25-36)30-14-5-2-6-15-30)46-42(45-40)37-23-11-20-34(26-37)39-27-33-16-7-8-17-38(33)28-43-39;/h1-19,21-28H;/q-1;. The van der Waals surface area contributed by atoms with E-state index in [0.717, 1.165) is 61.0 Å². The molecule has 2 heterocycles. The summed E-state index contributed by atoms with van der Waals surface area (Å²) in [6.45, 7) is 0. The van der Waals surface area contributed by atoms with Gasteiger partial charge in [-0.15, -0.1) is 29.8 Å². The largest absolute Gasteiger partial charge is 0.304 e. The molecule has 0 spiro atoms. The van der Waals surface area contributed by atoms with E-state index in [-0.39, 0.29) is 20.1 Å². The Balaban J connectivity index is 0.00000351. The number of hydrogen-bond donors (Lipinski definition) is 0. The Hall–Kier alpha value is -5.61.